The van der Waals surface area contributed by atoms with E-state index in [2.05, 4.69) is 36.4 Å². The van der Waals surface area contributed by atoms with Gasteiger partial charge in [0.25, 0.3) is 0 Å². The van der Waals surface area contributed by atoms with E-state index >= 15 is 0 Å². The maximum atomic E-state index is 5.29. The van der Waals surface area contributed by atoms with Crippen LogP contribution in [0.25, 0.3) is 0 Å². The molecular formula is C16H31N3O. The highest BCUT2D eigenvalue weighted by atomic mass is 16.5. The second-order valence-corrected chi connectivity index (χ2v) is 7.53. The zero-order valence-corrected chi connectivity index (χ0v) is 13.6. The van der Waals surface area contributed by atoms with Gasteiger partial charge in [0.2, 0.25) is 0 Å². The van der Waals surface area contributed by atoms with Crippen molar-refractivity contribution in [3.63, 3.8) is 0 Å². The minimum atomic E-state index is 0.281. The molecule has 0 bridgehead atoms. The van der Waals surface area contributed by atoms with Crippen LogP contribution < -0.4 is 10.6 Å². The Labute approximate surface area is 123 Å². The molecule has 0 amide bonds. The van der Waals surface area contributed by atoms with Gasteiger partial charge in [-0.3, -0.25) is 4.99 Å². The van der Waals surface area contributed by atoms with Gasteiger partial charge in [0.15, 0.2) is 5.96 Å². The molecule has 4 heteroatoms. The molecule has 0 aromatic heterocycles. The van der Waals surface area contributed by atoms with Crippen LogP contribution in [0.3, 0.4) is 0 Å². The average molecular weight is 281 g/mol. The topological polar surface area (TPSA) is 45.7 Å². The van der Waals surface area contributed by atoms with Crippen LogP contribution in [0.2, 0.25) is 0 Å². The highest BCUT2D eigenvalue weighted by Gasteiger charge is 2.37. The van der Waals surface area contributed by atoms with Gasteiger partial charge in [0.1, 0.15) is 0 Å². The fourth-order valence-corrected chi connectivity index (χ4v) is 3.34. The monoisotopic (exact) mass is 281 g/mol. The van der Waals surface area contributed by atoms with Crippen molar-refractivity contribution in [2.45, 2.75) is 46.5 Å². The molecule has 20 heavy (non-hydrogen) atoms. The summed E-state index contributed by atoms with van der Waals surface area (Å²) in [7, 11) is 1.85. The Morgan fingerprint density at radius 3 is 2.25 bits per heavy atom. The Morgan fingerprint density at radius 1 is 1.20 bits per heavy atom. The van der Waals surface area contributed by atoms with E-state index in [1.54, 1.807) is 0 Å². The van der Waals surface area contributed by atoms with Crippen LogP contribution in [0.4, 0.5) is 0 Å². The van der Waals surface area contributed by atoms with Crippen LogP contribution in [0, 0.1) is 16.7 Å². The van der Waals surface area contributed by atoms with E-state index in [0.29, 0.717) is 5.41 Å². The number of guanidine groups is 1. The summed E-state index contributed by atoms with van der Waals surface area (Å²) in [6.07, 6.45) is 5.43. The van der Waals surface area contributed by atoms with Gasteiger partial charge in [0.05, 0.1) is 13.2 Å². The quantitative estimate of drug-likeness (QED) is 0.580. The average Bonchev–Trinajstić information content (AvgIpc) is 2.32. The maximum absolute atomic E-state index is 5.29. The smallest absolute Gasteiger partial charge is 0.191 e. The van der Waals surface area contributed by atoms with Crippen molar-refractivity contribution in [1.29, 1.82) is 0 Å². The Balaban J connectivity index is 1.75. The van der Waals surface area contributed by atoms with Crippen LogP contribution in [-0.4, -0.2) is 39.3 Å². The lowest BCUT2D eigenvalue weighted by Gasteiger charge is -2.44. The SMILES string of the molecule is CN=C(NCC1(C)COC1)NCC1(CC(C)C)CCC1. The van der Waals surface area contributed by atoms with Crippen molar-refractivity contribution in [2.75, 3.05) is 33.4 Å². The number of hydrogen-bond acceptors (Lipinski definition) is 2. The number of nitrogens with one attached hydrogen (secondary N) is 2. The third kappa shape index (κ3) is 3.87. The molecule has 1 saturated heterocycles. The third-order valence-electron chi connectivity index (χ3n) is 4.69. The number of nitrogens with zero attached hydrogens (tertiary/aromatic N) is 1. The molecule has 0 unspecified atom stereocenters. The van der Waals surface area contributed by atoms with E-state index in [-0.39, 0.29) is 5.41 Å². The van der Waals surface area contributed by atoms with Crippen LogP contribution >= 0.6 is 0 Å². The number of hydrogen-bond donors (Lipinski definition) is 2. The summed E-state index contributed by atoms with van der Waals surface area (Å²) in [5, 5.41) is 6.98. The maximum Gasteiger partial charge on any atom is 0.191 e. The summed E-state index contributed by atoms with van der Waals surface area (Å²) >= 11 is 0. The number of aliphatic imine (C=N–C) groups is 1. The van der Waals surface area contributed by atoms with Gasteiger partial charge in [-0.2, -0.15) is 0 Å². The third-order valence-corrected chi connectivity index (χ3v) is 4.69. The molecular weight excluding hydrogens is 250 g/mol. The van der Waals surface area contributed by atoms with E-state index in [0.717, 1.165) is 38.2 Å². The first-order chi connectivity index (χ1) is 9.47. The lowest BCUT2D eigenvalue weighted by atomic mass is 9.64. The van der Waals surface area contributed by atoms with Gasteiger partial charge >= 0.3 is 0 Å². The zero-order valence-electron chi connectivity index (χ0n) is 13.6. The summed E-state index contributed by atoms with van der Waals surface area (Å²) in [5.74, 6) is 1.71. The minimum absolute atomic E-state index is 0.281. The fraction of sp³-hybridized carbons (Fsp3) is 0.938. The van der Waals surface area contributed by atoms with E-state index in [4.69, 9.17) is 4.74 Å². The standard InChI is InChI=1S/C16H31N3O/c1-13(2)8-16(6-5-7-16)10-19-14(17-4)18-9-15(3)11-20-12-15/h13H,5-12H2,1-4H3,(H2,17,18,19). The Morgan fingerprint density at radius 2 is 1.85 bits per heavy atom. The van der Waals surface area contributed by atoms with Crippen molar-refractivity contribution >= 4 is 5.96 Å². The summed E-state index contributed by atoms with van der Waals surface area (Å²) in [5.41, 5.74) is 0.791. The summed E-state index contributed by atoms with van der Waals surface area (Å²) in [4.78, 5) is 4.34. The largest absolute Gasteiger partial charge is 0.380 e. The van der Waals surface area contributed by atoms with Gasteiger partial charge in [-0.1, -0.05) is 27.2 Å². The molecule has 1 saturated carbocycles. The first-order valence-corrected chi connectivity index (χ1v) is 7.99. The predicted octanol–water partition coefficient (Wildman–Crippen LogP) is 2.40. The molecule has 1 heterocycles. The van der Waals surface area contributed by atoms with Crippen molar-refractivity contribution < 1.29 is 4.74 Å². The molecule has 2 fully saturated rings. The second kappa shape index (κ2) is 6.33. The predicted molar refractivity (Wildman–Crippen MR) is 84.0 cm³/mol. The summed E-state index contributed by atoms with van der Waals surface area (Å²) in [6, 6.07) is 0. The van der Waals surface area contributed by atoms with E-state index in [9.17, 15) is 0 Å². The van der Waals surface area contributed by atoms with E-state index in [1.807, 2.05) is 7.05 Å². The van der Waals surface area contributed by atoms with Crippen molar-refractivity contribution in [3.8, 4) is 0 Å². The molecule has 0 aromatic rings. The number of ether oxygens (including phenoxy) is 1. The molecule has 0 aromatic carbocycles. The first-order valence-electron chi connectivity index (χ1n) is 7.99. The van der Waals surface area contributed by atoms with Crippen molar-refractivity contribution in [2.24, 2.45) is 21.7 Å². The van der Waals surface area contributed by atoms with Crippen molar-refractivity contribution in [1.82, 2.24) is 10.6 Å². The van der Waals surface area contributed by atoms with Crippen molar-refractivity contribution in [3.05, 3.63) is 0 Å². The molecule has 116 valence electrons. The van der Waals surface area contributed by atoms with Crippen LogP contribution in [-0.2, 0) is 4.74 Å². The van der Waals surface area contributed by atoms with E-state index in [1.165, 1.54) is 25.7 Å². The summed E-state index contributed by atoms with van der Waals surface area (Å²) in [6.45, 7) is 10.6. The Kier molecular flexibility index (Phi) is 4.95. The fourth-order valence-electron chi connectivity index (χ4n) is 3.34. The molecule has 0 atom stereocenters. The van der Waals surface area contributed by atoms with Gasteiger partial charge in [-0.05, 0) is 30.6 Å². The highest BCUT2D eigenvalue weighted by Crippen LogP contribution is 2.45. The first kappa shape index (κ1) is 15.6. The number of rotatable bonds is 6. The second-order valence-electron chi connectivity index (χ2n) is 7.53. The van der Waals surface area contributed by atoms with E-state index < -0.39 is 0 Å². The van der Waals surface area contributed by atoms with Gasteiger partial charge in [-0.25, -0.2) is 0 Å². The molecule has 2 N–H and O–H groups in total. The molecule has 0 radical (unpaired) electrons. The zero-order chi connectivity index (χ0) is 14.6. The normalized spacial score (nSPS) is 23.9. The Hall–Kier alpha value is -0.770. The molecule has 2 rings (SSSR count). The molecule has 0 spiro atoms. The molecule has 4 nitrogen and oxygen atoms in total. The highest BCUT2D eigenvalue weighted by molar-refractivity contribution is 5.79. The summed E-state index contributed by atoms with van der Waals surface area (Å²) < 4.78 is 5.29. The van der Waals surface area contributed by atoms with Crippen LogP contribution in [0.5, 0.6) is 0 Å². The minimum Gasteiger partial charge on any atom is -0.380 e. The van der Waals surface area contributed by atoms with Crippen LogP contribution in [0.15, 0.2) is 4.99 Å². The molecule has 1 aliphatic heterocycles. The molecule has 1 aliphatic carbocycles. The Bertz CT molecular complexity index is 344. The van der Waals surface area contributed by atoms with Gasteiger partial charge in [-0.15, -0.1) is 0 Å². The molecule has 2 aliphatic rings. The lowest BCUT2D eigenvalue weighted by molar-refractivity contribution is -0.0971. The lowest BCUT2D eigenvalue weighted by Crippen LogP contribution is -2.52. The van der Waals surface area contributed by atoms with Gasteiger partial charge in [0, 0.05) is 25.6 Å². The van der Waals surface area contributed by atoms with Gasteiger partial charge < -0.3 is 15.4 Å². The van der Waals surface area contributed by atoms with Crippen LogP contribution in [0.1, 0.15) is 46.5 Å².